The van der Waals surface area contributed by atoms with E-state index in [1.54, 1.807) is 13.3 Å². The van der Waals surface area contributed by atoms with Crippen molar-refractivity contribution in [2.24, 2.45) is 5.73 Å². The van der Waals surface area contributed by atoms with Crippen LogP contribution >= 0.6 is 0 Å². The highest BCUT2D eigenvalue weighted by molar-refractivity contribution is 5.24. The van der Waals surface area contributed by atoms with Gasteiger partial charge < -0.3 is 10.5 Å². The van der Waals surface area contributed by atoms with E-state index in [-0.39, 0.29) is 0 Å². The van der Waals surface area contributed by atoms with Crippen LogP contribution in [0.2, 0.25) is 0 Å². The summed E-state index contributed by atoms with van der Waals surface area (Å²) in [6, 6.07) is 0. The Kier molecular flexibility index (Phi) is 3.10. The zero-order valence-corrected chi connectivity index (χ0v) is 7.58. The van der Waals surface area contributed by atoms with Gasteiger partial charge in [-0.2, -0.15) is 5.10 Å². The first-order valence-electron chi connectivity index (χ1n) is 4.12. The standard InChI is InChI=1S/C8H15N3O/c1-3-4-11-7(5-9)8(12-2)6-10-11/h6H,3-5,9H2,1-2H3. The zero-order chi connectivity index (χ0) is 8.97. The Bertz CT molecular complexity index is 244. The molecule has 0 amide bonds. The topological polar surface area (TPSA) is 53.1 Å². The minimum absolute atomic E-state index is 0.475. The van der Waals surface area contributed by atoms with E-state index >= 15 is 0 Å². The van der Waals surface area contributed by atoms with Gasteiger partial charge in [-0.1, -0.05) is 6.92 Å². The third kappa shape index (κ3) is 1.58. The number of nitrogens with zero attached hydrogens (tertiary/aromatic N) is 2. The number of nitrogens with two attached hydrogens (primary N) is 1. The van der Waals surface area contributed by atoms with Crippen LogP contribution in [0.1, 0.15) is 19.0 Å². The highest BCUT2D eigenvalue weighted by Gasteiger charge is 2.07. The predicted molar refractivity (Wildman–Crippen MR) is 47.0 cm³/mol. The molecule has 0 aliphatic heterocycles. The van der Waals surface area contributed by atoms with Crippen molar-refractivity contribution in [3.8, 4) is 5.75 Å². The molecule has 12 heavy (non-hydrogen) atoms. The minimum Gasteiger partial charge on any atom is -0.493 e. The maximum atomic E-state index is 5.56. The summed E-state index contributed by atoms with van der Waals surface area (Å²) in [7, 11) is 1.63. The van der Waals surface area contributed by atoms with Gasteiger partial charge in [0.1, 0.15) is 0 Å². The second-order valence-electron chi connectivity index (χ2n) is 2.59. The summed E-state index contributed by atoms with van der Waals surface area (Å²) < 4.78 is 6.99. The van der Waals surface area contributed by atoms with Crippen LogP contribution in [0.4, 0.5) is 0 Å². The first kappa shape index (κ1) is 9.06. The van der Waals surface area contributed by atoms with Gasteiger partial charge in [0, 0.05) is 13.1 Å². The summed E-state index contributed by atoms with van der Waals surface area (Å²) in [5, 5.41) is 4.16. The second kappa shape index (κ2) is 4.11. The van der Waals surface area contributed by atoms with Gasteiger partial charge in [0.15, 0.2) is 5.75 Å². The van der Waals surface area contributed by atoms with Gasteiger partial charge in [-0.25, -0.2) is 0 Å². The molecular weight excluding hydrogens is 154 g/mol. The number of hydrogen-bond donors (Lipinski definition) is 1. The molecule has 1 heterocycles. The molecule has 0 saturated carbocycles. The number of ether oxygens (including phenoxy) is 1. The molecule has 0 spiro atoms. The normalized spacial score (nSPS) is 10.2. The van der Waals surface area contributed by atoms with Crippen LogP contribution < -0.4 is 10.5 Å². The van der Waals surface area contributed by atoms with Crippen LogP contribution in [0.15, 0.2) is 6.20 Å². The van der Waals surface area contributed by atoms with Gasteiger partial charge in [0.25, 0.3) is 0 Å². The molecule has 0 fully saturated rings. The van der Waals surface area contributed by atoms with Gasteiger partial charge in [0.05, 0.1) is 19.0 Å². The molecule has 2 N–H and O–H groups in total. The minimum atomic E-state index is 0.475. The van der Waals surface area contributed by atoms with Crippen molar-refractivity contribution >= 4 is 0 Å². The third-order valence-electron chi connectivity index (χ3n) is 1.76. The molecule has 0 atom stereocenters. The Morgan fingerprint density at radius 1 is 1.67 bits per heavy atom. The quantitative estimate of drug-likeness (QED) is 0.724. The zero-order valence-electron chi connectivity index (χ0n) is 7.58. The van der Waals surface area contributed by atoms with Gasteiger partial charge in [-0.3, -0.25) is 4.68 Å². The number of rotatable bonds is 4. The van der Waals surface area contributed by atoms with Crippen molar-refractivity contribution in [2.75, 3.05) is 7.11 Å². The molecule has 0 unspecified atom stereocenters. The molecule has 1 aromatic rings. The molecule has 0 radical (unpaired) electrons. The fourth-order valence-corrected chi connectivity index (χ4v) is 1.17. The SMILES string of the molecule is CCCn1ncc(OC)c1CN. The van der Waals surface area contributed by atoms with Crippen LogP contribution in [0.3, 0.4) is 0 Å². The summed E-state index contributed by atoms with van der Waals surface area (Å²) in [6.45, 7) is 3.48. The fraction of sp³-hybridized carbons (Fsp3) is 0.625. The van der Waals surface area contributed by atoms with Crippen molar-refractivity contribution in [2.45, 2.75) is 26.4 Å². The maximum Gasteiger partial charge on any atom is 0.161 e. The van der Waals surface area contributed by atoms with Gasteiger partial charge >= 0.3 is 0 Å². The van der Waals surface area contributed by atoms with Crippen molar-refractivity contribution in [3.63, 3.8) is 0 Å². The summed E-state index contributed by atoms with van der Waals surface area (Å²) >= 11 is 0. The Labute approximate surface area is 72.3 Å². The Balaban J connectivity index is 2.88. The van der Waals surface area contributed by atoms with E-state index in [0.29, 0.717) is 6.54 Å². The highest BCUT2D eigenvalue weighted by atomic mass is 16.5. The lowest BCUT2D eigenvalue weighted by molar-refractivity contribution is 0.407. The summed E-state index contributed by atoms with van der Waals surface area (Å²) in [6.07, 6.45) is 2.76. The molecular formula is C8H15N3O. The van der Waals surface area contributed by atoms with Crippen molar-refractivity contribution in [1.29, 1.82) is 0 Å². The van der Waals surface area contributed by atoms with Gasteiger partial charge in [0.2, 0.25) is 0 Å². The Morgan fingerprint density at radius 2 is 2.42 bits per heavy atom. The van der Waals surface area contributed by atoms with Crippen LogP contribution in [0.25, 0.3) is 0 Å². The first-order chi connectivity index (χ1) is 5.83. The lowest BCUT2D eigenvalue weighted by atomic mass is 10.4. The largest absolute Gasteiger partial charge is 0.493 e. The number of aromatic nitrogens is 2. The van der Waals surface area contributed by atoms with E-state index in [9.17, 15) is 0 Å². The molecule has 4 nitrogen and oxygen atoms in total. The van der Waals surface area contributed by atoms with E-state index in [0.717, 1.165) is 24.4 Å². The fourth-order valence-electron chi connectivity index (χ4n) is 1.17. The Hall–Kier alpha value is -1.03. The van der Waals surface area contributed by atoms with E-state index < -0.39 is 0 Å². The lowest BCUT2D eigenvalue weighted by Crippen LogP contribution is -2.09. The molecule has 1 aromatic heterocycles. The summed E-state index contributed by atoms with van der Waals surface area (Å²) in [5.74, 6) is 0.783. The summed E-state index contributed by atoms with van der Waals surface area (Å²) in [4.78, 5) is 0. The van der Waals surface area contributed by atoms with E-state index in [2.05, 4.69) is 12.0 Å². The van der Waals surface area contributed by atoms with Crippen LogP contribution in [0.5, 0.6) is 5.75 Å². The molecule has 0 bridgehead atoms. The molecule has 0 aromatic carbocycles. The number of hydrogen-bond acceptors (Lipinski definition) is 3. The highest BCUT2D eigenvalue weighted by Crippen LogP contribution is 2.16. The first-order valence-corrected chi connectivity index (χ1v) is 4.12. The molecule has 0 aliphatic rings. The van der Waals surface area contributed by atoms with E-state index in [1.165, 1.54) is 0 Å². The van der Waals surface area contributed by atoms with Crippen molar-refractivity contribution in [3.05, 3.63) is 11.9 Å². The summed E-state index contributed by atoms with van der Waals surface area (Å²) in [5.41, 5.74) is 6.53. The molecule has 1 rings (SSSR count). The Morgan fingerprint density at radius 3 is 2.92 bits per heavy atom. The molecule has 0 saturated heterocycles. The van der Waals surface area contributed by atoms with Crippen molar-refractivity contribution < 1.29 is 4.74 Å². The average molecular weight is 169 g/mol. The van der Waals surface area contributed by atoms with Gasteiger partial charge in [-0.15, -0.1) is 0 Å². The van der Waals surface area contributed by atoms with Crippen LogP contribution in [-0.4, -0.2) is 16.9 Å². The average Bonchev–Trinajstić information content (AvgIpc) is 2.47. The van der Waals surface area contributed by atoms with Crippen LogP contribution in [0, 0.1) is 0 Å². The third-order valence-corrected chi connectivity index (χ3v) is 1.76. The second-order valence-corrected chi connectivity index (χ2v) is 2.59. The monoisotopic (exact) mass is 169 g/mol. The molecule has 4 heteroatoms. The number of aryl methyl sites for hydroxylation is 1. The molecule has 0 aliphatic carbocycles. The maximum absolute atomic E-state index is 5.56. The van der Waals surface area contributed by atoms with Crippen LogP contribution in [-0.2, 0) is 13.1 Å². The van der Waals surface area contributed by atoms with Gasteiger partial charge in [-0.05, 0) is 6.42 Å². The molecule has 68 valence electrons. The van der Waals surface area contributed by atoms with E-state index in [1.807, 2.05) is 4.68 Å². The smallest absolute Gasteiger partial charge is 0.161 e. The predicted octanol–water partition coefficient (Wildman–Crippen LogP) is 0.760. The lowest BCUT2D eigenvalue weighted by Gasteiger charge is -2.04. The number of methoxy groups -OCH3 is 1. The van der Waals surface area contributed by atoms with E-state index in [4.69, 9.17) is 10.5 Å². The van der Waals surface area contributed by atoms with Crippen molar-refractivity contribution in [1.82, 2.24) is 9.78 Å².